The van der Waals surface area contributed by atoms with Gasteiger partial charge in [-0.05, 0) is 46.1 Å². The summed E-state index contributed by atoms with van der Waals surface area (Å²) in [5.41, 5.74) is 2.14. The maximum absolute atomic E-state index is 4.87. The number of rotatable bonds is 9. The molecule has 3 rings (SSSR count). The molecule has 1 heterocycles. The van der Waals surface area contributed by atoms with Crippen molar-refractivity contribution in [2.75, 3.05) is 43.9 Å². The maximum atomic E-state index is 4.87. The molecule has 0 fully saturated rings. The van der Waals surface area contributed by atoms with Crippen LogP contribution < -0.4 is 10.2 Å². The van der Waals surface area contributed by atoms with Crippen LogP contribution >= 0.6 is 0 Å². The standard InChI is InChI=1S/C23H29N5/c1-4-28(20-14-9-6-10-15-20)22-18-21(24-16-11-17-27(2)3)25-23(26-22)19-12-7-5-8-13-19/h5-10,12-15,18H,4,11,16-17H2,1-3H3,(H,24,25,26). The summed E-state index contributed by atoms with van der Waals surface area (Å²) in [6.07, 6.45) is 1.06. The van der Waals surface area contributed by atoms with Crippen molar-refractivity contribution < 1.29 is 0 Å². The normalized spacial score (nSPS) is 10.9. The van der Waals surface area contributed by atoms with Crippen molar-refractivity contribution in [3.63, 3.8) is 0 Å². The van der Waals surface area contributed by atoms with E-state index >= 15 is 0 Å². The van der Waals surface area contributed by atoms with Gasteiger partial charge in [-0.15, -0.1) is 0 Å². The quantitative estimate of drug-likeness (QED) is 0.551. The minimum absolute atomic E-state index is 0.739. The largest absolute Gasteiger partial charge is 0.370 e. The Labute approximate surface area is 168 Å². The van der Waals surface area contributed by atoms with E-state index in [-0.39, 0.29) is 0 Å². The fraction of sp³-hybridized carbons (Fsp3) is 0.304. The van der Waals surface area contributed by atoms with Crippen LogP contribution in [0.4, 0.5) is 17.3 Å². The molecule has 146 valence electrons. The smallest absolute Gasteiger partial charge is 0.163 e. The first kappa shape index (κ1) is 19.8. The molecule has 0 unspecified atom stereocenters. The van der Waals surface area contributed by atoms with Crippen LogP contribution in [0.25, 0.3) is 11.4 Å². The third-order valence-electron chi connectivity index (χ3n) is 4.49. The number of nitrogens with one attached hydrogen (secondary N) is 1. The molecule has 0 atom stereocenters. The first-order valence-corrected chi connectivity index (χ1v) is 9.83. The second-order valence-electron chi connectivity index (χ2n) is 6.96. The Morgan fingerprint density at radius 1 is 0.893 bits per heavy atom. The van der Waals surface area contributed by atoms with Crippen molar-refractivity contribution in [2.45, 2.75) is 13.3 Å². The van der Waals surface area contributed by atoms with E-state index in [1.807, 2.05) is 42.5 Å². The van der Waals surface area contributed by atoms with Crippen molar-refractivity contribution in [1.29, 1.82) is 0 Å². The van der Waals surface area contributed by atoms with Gasteiger partial charge in [0.15, 0.2) is 5.82 Å². The molecule has 1 aromatic heterocycles. The number of hydrogen-bond donors (Lipinski definition) is 1. The average Bonchev–Trinajstić information content (AvgIpc) is 2.73. The number of benzene rings is 2. The summed E-state index contributed by atoms with van der Waals surface area (Å²) in [6.45, 7) is 4.89. The Hall–Kier alpha value is -2.92. The number of nitrogens with zero attached hydrogens (tertiary/aromatic N) is 4. The highest BCUT2D eigenvalue weighted by Gasteiger charge is 2.13. The lowest BCUT2D eigenvalue weighted by Gasteiger charge is -2.23. The fourth-order valence-corrected chi connectivity index (χ4v) is 3.08. The molecule has 0 saturated heterocycles. The first-order chi connectivity index (χ1) is 13.7. The molecular formula is C23H29N5. The van der Waals surface area contributed by atoms with Gasteiger partial charge >= 0.3 is 0 Å². The van der Waals surface area contributed by atoms with Gasteiger partial charge < -0.3 is 15.1 Å². The molecule has 0 radical (unpaired) electrons. The zero-order chi connectivity index (χ0) is 19.8. The molecule has 0 aliphatic carbocycles. The lowest BCUT2D eigenvalue weighted by molar-refractivity contribution is 0.405. The van der Waals surface area contributed by atoms with Gasteiger partial charge in [0.05, 0.1) is 0 Å². The third kappa shape index (κ3) is 5.30. The minimum Gasteiger partial charge on any atom is -0.370 e. The SMILES string of the molecule is CCN(c1ccccc1)c1cc(NCCCN(C)C)nc(-c2ccccc2)n1. The average molecular weight is 376 g/mol. The van der Waals surface area contributed by atoms with E-state index in [0.29, 0.717) is 0 Å². The molecule has 1 N–H and O–H groups in total. The predicted molar refractivity (Wildman–Crippen MR) is 118 cm³/mol. The molecule has 0 aliphatic heterocycles. The van der Waals surface area contributed by atoms with Crippen LogP contribution in [0.15, 0.2) is 66.7 Å². The zero-order valence-electron chi connectivity index (χ0n) is 17.0. The Kier molecular flexibility index (Phi) is 6.98. The molecule has 0 amide bonds. The van der Waals surface area contributed by atoms with Crippen LogP contribution in [0.5, 0.6) is 0 Å². The summed E-state index contributed by atoms with van der Waals surface area (Å²) in [7, 11) is 4.19. The van der Waals surface area contributed by atoms with E-state index in [1.165, 1.54) is 0 Å². The Bertz CT molecular complexity index is 849. The number of hydrogen-bond acceptors (Lipinski definition) is 5. The summed E-state index contributed by atoms with van der Waals surface area (Å²) in [4.78, 5) is 14.0. The van der Waals surface area contributed by atoms with Gasteiger partial charge in [0, 0.05) is 30.4 Å². The Morgan fingerprint density at radius 3 is 2.21 bits per heavy atom. The molecule has 0 bridgehead atoms. The third-order valence-corrected chi connectivity index (χ3v) is 4.49. The van der Waals surface area contributed by atoms with Crippen LogP contribution in [0.2, 0.25) is 0 Å². The van der Waals surface area contributed by atoms with Gasteiger partial charge in [-0.3, -0.25) is 0 Å². The summed E-state index contributed by atoms with van der Waals surface area (Å²) < 4.78 is 0. The van der Waals surface area contributed by atoms with Gasteiger partial charge in [-0.25, -0.2) is 9.97 Å². The van der Waals surface area contributed by atoms with Crippen molar-refractivity contribution in [2.24, 2.45) is 0 Å². The van der Waals surface area contributed by atoms with Gasteiger partial charge in [0.1, 0.15) is 11.6 Å². The van der Waals surface area contributed by atoms with Crippen molar-refractivity contribution in [3.8, 4) is 11.4 Å². The number of anilines is 3. The lowest BCUT2D eigenvalue weighted by atomic mass is 10.2. The summed E-state index contributed by atoms with van der Waals surface area (Å²) in [5.74, 6) is 2.50. The summed E-state index contributed by atoms with van der Waals surface area (Å²) in [6, 6.07) is 22.5. The van der Waals surface area contributed by atoms with Crippen LogP contribution in [-0.4, -0.2) is 48.6 Å². The van der Waals surface area contributed by atoms with Gasteiger partial charge in [-0.1, -0.05) is 48.5 Å². The molecule has 0 aliphatic rings. The molecule has 0 saturated carbocycles. The number of aromatic nitrogens is 2. The van der Waals surface area contributed by atoms with Gasteiger partial charge in [0.25, 0.3) is 0 Å². The first-order valence-electron chi connectivity index (χ1n) is 9.83. The van der Waals surface area contributed by atoms with E-state index < -0.39 is 0 Å². The van der Waals surface area contributed by atoms with Crippen molar-refractivity contribution in [3.05, 3.63) is 66.7 Å². The van der Waals surface area contributed by atoms with E-state index in [0.717, 1.165) is 54.8 Å². The van der Waals surface area contributed by atoms with E-state index in [9.17, 15) is 0 Å². The number of para-hydroxylation sites is 1. The molecule has 5 heteroatoms. The molecule has 3 aromatic rings. The lowest BCUT2D eigenvalue weighted by Crippen LogP contribution is -2.19. The second-order valence-corrected chi connectivity index (χ2v) is 6.96. The summed E-state index contributed by atoms with van der Waals surface area (Å²) in [5, 5.41) is 3.48. The molecular weight excluding hydrogens is 346 g/mol. The minimum atomic E-state index is 0.739. The zero-order valence-corrected chi connectivity index (χ0v) is 17.0. The highest BCUT2D eigenvalue weighted by molar-refractivity contribution is 5.67. The van der Waals surface area contributed by atoms with Crippen LogP contribution in [0.3, 0.4) is 0 Å². The second kappa shape index (κ2) is 9.85. The highest BCUT2D eigenvalue weighted by atomic mass is 15.2. The van der Waals surface area contributed by atoms with Crippen LogP contribution in [-0.2, 0) is 0 Å². The van der Waals surface area contributed by atoms with Gasteiger partial charge in [-0.2, -0.15) is 0 Å². The predicted octanol–water partition coefficient (Wildman–Crippen LogP) is 4.67. The molecule has 2 aromatic carbocycles. The Balaban J connectivity index is 1.92. The topological polar surface area (TPSA) is 44.3 Å². The highest BCUT2D eigenvalue weighted by Crippen LogP contribution is 2.27. The Morgan fingerprint density at radius 2 is 1.57 bits per heavy atom. The monoisotopic (exact) mass is 375 g/mol. The van der Waals surface area contributed by atoms with E-state index in [1.54, 1.807) is 0 Å². The molecule has 0 spiro atoms. The van der Waals surface area contributed by atoms with Crippen LogP contribution in [0, 0.1) is 0 Å². The van der Waals surface area contributed by atoms with E-state index in [2.05, 4.69) is 60.4 Å². The molecule has 5 nitrogen and oxygen atoms in total. The van der Waals surface area contributed by atoms with Crippen LogP contribution in [0.1, 0.15) is 13.3 Å². The molecule has 28 heavy (non-hydrogen) atoms. The fourth-order valence-electron chi connectivity index (χ4n) is 3.08. The van der Waals surface area contributed by atoms with E-state index in [4.69, 9.17) is 9.97 Å². The summed E-state index contributed by atoms with van der Waals surface area (Å²) >= 11 is 0. The van der Waals surface area contributed by atoms with Crippen molar-refractivity contribution >= 4 is 17.3 Å². The van der Waals surface area contributed by atoms with Crippen molar-refractivity contribution in [1.82, 2.24) is 14.9 Å². The van der Waals surface area contributed by atoms with Gasteiger partial charge in [0.2, 0.25) is 0 Å². The maximum Gasteiger partial charge on any atom is 0.163 e.